The Morgan fingerprint density at radius 1 is 1.29 bits per heavy atom. The van der Waals surface area contributed by atoms with E-state index in [0.717, 1.165) is 16.8 Å². The van der Waals surface area contributed by atoms with Crippen LogP contribution in [-0.2, 0) is 0 Å². The third-order valence-electron chi connectivity index (χ3n) is 2.10. The van der Waals surface area contributed by atoms with Crippen molar-refractivity contribution < 1.29 is 0 Å². The molecule has 2 rings (SSSR count). The Bertz CT molecular complexity index is 439. The van der Waals surface area contributed by atoms with Crippen molar-refractivity contribution in [3.8, 4) is 11.3 Å². The van der Waals surface area contributed by atoms with Crippen LogP contribution in [0.2, 0.25) is 0 Å². The van der Waals surface area contributed by atoms with Gasteiger partial charge in [-0.05, 0) is 24.6 Å². The van der Waals surface area contributed by atoms with Gasteiger partial charge in [-0.3, -0.25) is 4.98 Å². The number of hydrogen-bond acceptors (Lipinski definition) is 4. The van der Waals surface area contributed by atoms with E-state index in [4.69, 9.17) is 5.73 Å². The second kappa shape index (κ2) is 3.41. The molecule has 0 aromatic carbocycles. The number of pyridine rings is 1. The molecule has 0 saturated heterocycles. The number of nitrogens with two attached hydrogens (primary N) is 1. The Hall–Kier alpha value is -1.97. The molecule has 70 valence electrons. The van der Waals surface area contributed by atoms with Gasteiger partial charge in [-0.1, -0.05) is 0 Å². The summed E-state index contributed by atoms with van der Waals surface area (Å²) >= 11 is 0. The number of nitrogens with zero attached hydrogens (tertiary/aromatic N) is 3. The molecule has 4 heteroatoms. The molecule has 2 aromatic heterocycles. The van der Waals surface area contributed by atoms with E-state index in [9.17, 15) is 0 Å². The lowest BCUT2D eigenvalue weighted by Crippen LogP contribution is -1.95. The Morgan fingerprint density at radius 2 is 2.14 bits per heavy atom. The zero-order valence-corrected chi connectivity index (χ0v) is 7.81. The Balaban J connectivity index is 2.58. The summed E-state index contributed by atoms with van der Waals surface area (Å²) in [5.74, 6) is 0. The van der Waals surface area contributed by atoms with E-state index in [1.807, 2.05) is 19.1 Å². The van der Waals surface area contributed by atoms with Crippen LogP contribution in [0.3, 0.4) is 0 Å². The summed E-state index contributed by atoms with van der Waals surface area (Å²) in [7, 11) is 0. The predicted molar refractivity (Wildman–Crippen MR) is 54.4 cm³/mol. The third-order valence-corrected chi connectivity index (χ3v) is 2.10. The predicted octanol–water partition coefficient (Wildman–Crippen LogP) is 1.43. The van der Waals surface area contributed by atoms with Crippen molar-refractivity contribution in [2.75, 3.05) is 5.73 Å². The van der Waals surface area contributed by atoms with Gasteiger partial charge in [0.1, 0.15) is 0 Å². The fourth-order valence-corrected chi connectivity index (χ4v) is 1.24. The minimum atomic E-state index is 0.674. The molecular weight excluding hydrogens is 176 g/mol. The van der Waals surface area contributed by atoms with Gasteiger partial charge in [-0.25, -0.2) is 0 Å². The van der Waals surface area contributed by atoms with Gasteiger partial charge in [0.2, 0.25) is 0 Å². The lowest BCUT2D eigenvalue weighted by molar-refractivity contribution is 1.03. The molecule has 0 atom stereocenters. The Morgan fingerprint density at radius 3 is 2.86 bits per heavy atom. The first-order valence-electron chi connectivity index (χ1n) is 4.27. The highest BCUT2D eigenvalue weighted by atomic mass is 15.1. The van der Waals surface area contributed by atoms with E-state index in [0.29, 0.717) is 5.69 Å². The molecule has 4 nitrogen and oxygen atoms in total. The van der Waals surface area contributed by atoms with Crippen molar-refractivity contribution in [3.05, 3.63) is 36.3 Å². The molecule has 0 saturated carbocycles. The highest BCUT2D eigenvalue weighted by Crippen LogP contribution is 2.22. The molecule has 0 spiro atoms. The Labute approximate surface area is 81.8 Å². The molecule has 0 fully saturated rings. The van der Waals surface area contributed by atoms with Crippen LogP contribution in [0, 0.1) is 6.92 Å². The van der Waals surface area contributed by atoms with Gasteiger partial charge in [0.15, 0.2) is 0 Å². The largest absolute Gasteiger partial charge is 0.397 e. The first-order valence-corrected chi connectivity index (χ1v) is 4.27. The monoisotopic (exact) mass is 186 g/mol. The van der Waals surface area contributed by atoms with Crippen LogP contribution >= 0.6 is 0 Å². The number of anilines is 1. The van der Waals surface area contributed by atoms with Crippen LogP contribution in [0.25, 0.3) is 11.3 Å². The zero-order valence-electron chi connectivity index (χ0n) is 7.81. The summed E-state index contributed by atoms with van der Waals surface area (Å²) in [5, 5.41) is 7.82. The van der Waals surface area contributed by atoms with E-state index in [-0.39, 0.29) is 0 Å². The third kappa shape index (κ3) is 1.42. The molecule has 0 aliphatic heterocycles. The van der Waals surface area contributed by atoms with Gasteiger partial charge in [0.05, 0.1) is 17.6 Å². The summed E-state index contributed by atoms with van der Waals surface area (Å²) in [4.78, 5) is 4.03. The van der Waals surface area contributed by atoms with Crippen LogP contribution in [0.5, 0.6) is 0 Å². The minimum Gasteiger partial charge on any atom is -0.397 e. The van der Waals surface area contributed by atoms with Gasteiger partial charge in [-0.2, -0.15) is 10.2 Å². The SMILES string of the molecule is Cc1c(N)cncc1-c1cccnn1. The van der Waals surface area contributed by atoms with Crippen LogP contribution in [-0.4, -0.2) is 15.2 Å². The summed E-state index contributed by atoms with van der Waals surface area (Å²) in [6.45, 7) is 1.95. The number of nitrogen functional groups attached to an aromatic ring is 1. The van der Waals surface area contributed by atoms with E-state index >= 15 is 0 Å². The standard InChI is InChI=1S/C10H10N4/c1-7-8(5-12-6-9(7)11)10-3-2-4-13-14-10/h2-6H,11H2,1H3. The van der Waals surface area contributed by atoms with Crippen LogP contribution in [0.1, 0.15) is 5.56 Å². The molecule has 2 aromatic rings. The minimum absolute atomic E-state index is 0.674. The molecule has 0 aliphatic carbocycles. The van der Waals surface area contributed by atoms with Crippen molar-refractivity contribution in [1.29, 1.82) is 0 Å². The van der Waals surface area contributed by atoms with Crippen molar-refractivity contribution in [2.24, 2.45) is 0 Å². The summed E-state index contributed by atoms with van der Waals surface area (Å²) in [5.41, 5.74) is 9.13. The van der Waals surface area contributed by atoms with E-state index in [1.165, 1.54) is 0 Å². The maximum atomic E-state index is 5.75. The molecular formula is C10H10N4. The molecule has 0 aliphatic rings. The Kier molecular flexibility index (Phi) is 2.10. The van der Waals surface area contributed by atoms with Crippen molar-refractivity contribution in [2.45, 2.75) is 6.92 Å². The van der Waals surface area contributed by atoms with E-state index in [1.54, 1.807) is 18.6 Å². The van der Waals surface area contributed by atoms with Gasteiger partial charge in [0.25, 0.3) is 0 Å². The van der Waals surface area contributed by atoms with Crippen molar-refractivity contribution >= 4 is 5.69 Å². The fraction of sp³-hybridized carbons (Fsp3) is 0.100. The maximum Gasteiger partial charge on any atom is 0.0948 e. The molecule has 14 heavy (non-hydrogen) atoms. The molecule has 0 unspecified atom stereocenters. The lowest BCUT2D eigenvalue weighted by atomic mass is 10.1. The average Bonchev–Trinajstić information content (AvgIpc) is 2.23. The van der Waals surface area contributed by atoms with Crippen LogP contribution in [0.4, 0.5) is 5.69 Å². The normalized spacial score (nSPS) is 10.1. The van der Waals surface area contributed by atoms with Gasteiger partial charge >= 0.3 is 0 Å². The zero-order chi connectivity index (χ0) is 9.97. The highest BCUT2D eigenvalue weighted by molar-refractivity contribution is 5.67. The highest BCUT2D eigenvalue weighted by Gasteiger charge is 2.05. The number of aromatic nitrogens is 3. The van der Waals surface area contributed by atoms with E-state index < -0.39 is 0 Å². The first-order chi connectivity index (χ1) is 6.79. The molecule has 2 N–H and O–H groups in total. The number of hydrogen-bond donors (Lipinski definition) is 1. The summed E-state index contributed by atoms with van der Waals surface area (Å²) < 4.78 is 0. The summed E-state index contributed by atoms with van der Waals surface area (Å²) in [6.07, 6.45) is 5.02. The average molecular weight is 186 g/mol. The first kappa shape index (κ1) is 8.62. The van der Waals surface area contributed by atoms with E-state index in [2.05, 4.69) is 15.2 Å². The topological polar surface area (TPSA) is 64.7 Å². The smallest absolute Gasteiger partial charge is 0.0948 e. The quantitative estimate of drug-likeness (QED) is 0.731. The lowest BCUT2D eigenvalue weighted by Gasteiger charge is -2.05. The second-order valence-corrected chi connectivity index (χ2v) is 3.01. The van der Waals surface area contributed by atoms with Gasteiger partial charge < -0.3 is 5.73 Å². The van der Waals surface area contributed by atoms with Crippen molar-refractivity contribution in [1.82, 2.24) is 15.2 Å². The van der Waals surface area contributed by atoms with Crippen molar-refractivity contribution in [3.63, 3.8) is 0 Å². The molecule has 2 heterocycles. The summed E-state index contributed by atoms with van der Waals surface area (Å²) in [6, 6.07) is 3.72. The van der Waals surface area contributed by atoms with Crippen LogP contribution < -0.4 is 5.73 Å². The molecule has 0 radical (unpaired) electrons. The van der Waals surface area contributed by atoms with Gasteiger partial charge in [-0.15, -0.1) is 0 Å². The van der Waals surface area contributed by atoms with Gasteiger partial charge in [0, 0.05) is 18.0 Å². The maximum absolute atomic E-state index is 5.75. The molecule has 0 bridgehead atoms. The second-order valence-electron chi connectivity index (χ2n) is 3.01. The van der Waals surface area contributed by atoms with Crippen LogP contribution in [0.15, 0.2) is 30.7 Å². The molecule has 0 amide bonds. The number of rotatable bonds is 1. The fourth-order valence-electron chi connectivity index (χ4n) is 1.24.